The molecule has 0 saturated heterocycles. The zero-order valence-corrected chi connectivity index (χ0v) is 15.5. The second-order valence-corrected chi connectivity index (χ2v) is 6.97. The summed E-state index contributed by atoms with van der Waals surface area (Å²) in [6.07, 6.45) is 9.97. The highest BCUT2D eigenvalue weighted by atomic mass is 79.9. The van der Waals surface area contributed by atoms with Crippen LogP contribution in [0.5, 0.6) is 0 Å². The van der Waals surface area contributed by atoms with E-state index in [1.165, 1.54) is 0 Å². The van der Waals surface area contributed by atoms with Crippen LogP contribution in [0.4, 0.5) is 0 Å². The van der Waals surface area contributed by atoms with Gasteiger partial charge in [0, 0.05) is 30.4 Å². The molecule has 0 amide bonds. The van der Waals surface area contributed by atoms with Crippen LogP contribution in [-0.2, 0) is 6.54 Å². The molecule has 4 heterocycles. The van der Waals surface area contributed by atoms with Crippen molar-refractivity contribution in [3.8, 4) is 0 Å². The molecule has 7 nitrogen and oxygen atoms in total. The summed E-state index contributed by atoms with van der Waals surface area (Å²) in [7, 11) is 0. The van der Waals surface area contributed by atoms with Gasteiger partial charge in [0.25, 0.3) is 0 Å². The number of hydrogen-bond donors (Lipinski definition) is 1. The lowest BCUT2D eigenvalue weighted by molar-refractivity contribution is 0.145. The van der Waals surface area contributed by atoms with E-state index < -0.39 is 6.23 Å². The third-order valence-corrected chi connectivity index (χ3v) is 4.44. The predicted molar refractivity (Wildman–Crippen MR) is 94.5 cm³/mol. The number of fused-ring (bicyclic) bond motifs is 1. The van der Waals surface area contributed by atoms with Crippen molar-refractivity contribution >= 4 is 37.5 Å². The van der Waals surface area contributed by atoms with Gasteiger partial charge >= 0.3 is 0 Å². The van der Waals surface area contributed by atoms with E-state index in [4.69, 9.17) is 0 Å². The lowest BCUT2D eigenvalue weighted by atomic mass is 10.2. The van der Waals surface area contributed by atoms with Crippen LogP contribution in [-0.4, -0.2) is 33.6 Å². The first-order valence-corrected chi connectivity index (χ1v) is 8.69. The van der Waals surface area contributed by atoms with Gasteiger partial charge in [-0.15, -0.1) is 0 Å². The molecule has 0 saturated carbocycles. The van der Waals surface area contributed by atoms with E-state index in [1.54, 1.807) is 23.4 Å². The summed E-state index contributed by atoms with van der Waals surface area (Å²) in [4.78, 5) is 12.8. The van der Waals surface area contributed by atoms with Gasteiger partial charge < -0.3 is 18.6 Å². The van der Waals surface area contributed by atoms with Crippen LogP contribution in [0.25, 0.3) is 5.65 Å². The Labute approximate surface area is 153 Å². The van der Waals surface area contributed by atoms with Crippen molar-refractivity contribution in [3.05, 3.63) is 70.0 Å². The van der Waals surface area contributed by atoms with Crippen LogP contribution in [0.2, 0.25) is 0 Å². The molecule has 0 radical (unpaired) electrons. The molecule has 0 aromatic carbocycles. The lowest BCUT2D eigenvalue weighted by Gasteiger charge is -2.12. The monoisotopic (exact) mass is 450 g/mol. The summed E-state index contributed by atoms with van der Waals surface area (Å²) in [5.74, 6) is 0. The molecule has 0 aliphatic heterocycles. The Morgan fingerprint density at radius 2 is 1.79 bits per heavy atom. The zero-order valence-electron chi connectivity index (χ0n) is 12.3. The van der Waals surface area contributed by atoms with Gasteiger partial charge in [-0.3, -0.25) is 0 Å². The van der Waals surface area contributed by atoms with Crippen LogP contribution in [0.15, 0.2) is 58.8 Å². The molecule has 0 aliphatic rings. The second kappa shape index (κ2) is 6.15. The van der Waals surface area contributed by atoms with Crippen LogP contribution in [0, 0.1) is 0 Å². The van der Waals surface area contributed by atoms with Crippen LogP contribution in [0.3, 0.4) is 0 Å². The van der Waals surface area contributed by atoms with Gasteiger partial charge in [-0.05, 0) is 44.0 Å². The maximum Gasteiger partial charge on any atom is 0.159 e. The largest absolute Gasteiger partial charge is 0.369 e. The highest BCUT2D eigenvalue weighted by molar-refractivity contribution is 9.10. The van der Waals surface area contributed by atoms with Crippen molar-refractivity contribution < 1.29 is 5.11 Å². The quantitative estimate of drug-likeness (QED) is 0.517. The molecule has 0 fully saturated rings. The highest BCUT2D eigenvalue weighted by Gasteiger charge is 2.12. The molecule has 1 atom stereocenters. The molecular formula is C15H12Br2N6O. The fraction of sp³-hybridized carbons (Fsp3) is 0.133. The molecule has 122 valence electrons. The molecule has 4 aromatic rings. The van der Waals surface area contributed by atoms with Crippen molar-refractivity contribution in [1.29, 1.82) is 0 Å². The zero-order chi connectivity index (χ0) is 16.7. The van der Waals surface area contributed by atoms with E-state index >= 15 is 0 Å². The van der Waals surface area contributed by atoms with Crippen molar-refractivity contribution in [3.63, 3.8) is 0 Å². The van der Waals surface area contributed by atoms with Gasteiger partial charge in [0.15, 0.2) is 6.23 Å². The van der Waals surface area contributed by atoms with Crippen molar-refractivity contribution in [2.75, 3.05) is 0 Å². The minimum absolute atomic E-state index is 0.632. The maximum atomic E-state index is 10.5. The number of aliphatic hydroxyl groups excluding tert-OH is 1. The normalized spacial score (nSPS) is 12.8. The standard InChI is InChI=1S/C15H12Br2N6O/c16-12-6-21(8-18-12)4-11-5-22-3-10(1-2-14(22)20-11)15(24)23-7-13(17)19-9-23/h1-3,5-9,15,24H,4H2. The topological polar surface area (TPSA) is 73.2 Å². The molecule has 4 rings (SSSR count). The fourth-order valence-electron chi connectivity index (χ4n) is 2.51. The van der Waals surface area contributed by atoms with E-state index in [1.807, 2.05) is 39.7 Å². The van der Waals surface area contributed by atoms with E-state index in [9.17, 15) is 5.11 Å². The summed E-state index contributed by atoms with van der Waals surface area (Å²) in [5.41, 5.74) is 2.49. The number of aliphatic hydroxyl groups is 1. The third-order valence-electron chi connectivity index (χ3n) is 3.62. The van der Waals surface area contributed by atoms with Gasteiger partial charge in [-0.2, -0.15) is 0 Å². The fourth-order valence-corrected chi connectivity index (χ4v) is 3.20. The first-order chi connectivity index (χ1) is 11.6. The minimum Gasteiger partial charge on any atom is -0.369 e. The average Bonchev–Trinajstić information content (AvgIpc) is 3.26. The minimum atomic E-state index is -0.802. The Kier molecular flexibility index (Phi) is 3.99. The Morgan fingerprint density at radius 1 is 1.00 bits per heavy atom. The van der Waals surface area contributed by atoms with Gasteiger partial charge in [0.2, 0.25) is 0 Å². The number of aromatic nitrogens is 6. The van der Waals surface area contributed by atoms with Gasteiger partial charge in [0.05, 0.1) is 24.9 Å². The number of pyridine rings is 1. The highest BCUT2D eigenvalue weighted by Crippen LogP contribution is 2.19. The molecule has 24 heavy (non-hydrogen) atoms. The number of hydrogen-bond acceptors (Lipinski definition) is 4. The average molecular weight is 452 g/mol. The molecule has 0 spiro atoms. The van der Waals surface area contributed by atoms with Crippen molar-refractivity contribution in [2.24, 2.45) is 0 Å². The number of halogens is 2. The molecule has 0 aliphatic carbocycles. The smallest absolute Gasteiger partial charge is 0.159 e. The number of imidazole rings is 3. The maximum absolute atomic E-state index is 10.5. The number of rotatable bonds is 4. The molecule has 1 unspecified atom stereocenters. The predicted octanol–water partition coefficient (Wildman–Crippen LogP) is 2.84. The van der Waals surface area contributed by atoms with E-state index in [2.05, 4.69) is 46.8 Å². The van der Waals surface area contributed by atoms with E-state index in [0.29, 0.717) is 11.1 Å². The first kappa shape index (κ1) is 15.6. The summed E-state index contributed by atoms with van der Waals surface area (Å²) in [6, 6.07) is 3.75. The summed E-state index contributed by atoms with van der Waals surface area (Å²) >= 11 is 6.61. The number of nitrogens with zero attached hydrogens (tertiary/aromatic N) is 6. The van der Waals surface area contributed by atoms with E-state index in [0.717, 1.165) is 21.5 Å². The Bertz CT molecular complexity index is 1000. The Morgan fingerprint density at radius 3 is 2.50 bits per heavy atom. The molecule has 9 heteroatoms. The molecule has 4 aromatic heterocycles. The summed E-state index contributed by atoms with van der Waals surface area (Å²) < 4.78 is 6.96. The van der Waals surface area contributed by atoms with Gasteiger partial charge in [-0.1, -0.05) is 0 Å². The molecule has 0 bridgehead atoms. The molecular weight excluding hydrogens is 440 g/mol. The molecule has 1 N–H and O–H groups in total. The summed E-state index contributed by atoms with van der Waals surface area (Å²) in [6.45, 7) is 0.632. The lowest BCUT2D eigenvalue weighted by Crippen LogP contribution is -2.08. The van der Waals surface area contributed by atoms with Crippen molar-refractivity contribution in [2.45, 2.75) is 12.8 Å². The third kappa shape index (κ3) is 3.02. The van der Waals surface area contributed by atoms with Gasteiger partial charge in [0.1, 0.15) is 14.9 Å². The Hall–Kier alpha value is -1.97. The Balaban J connectivity index is 1.63. The summed E-state index contributed by atoms with van der Waals surface area (Å²) in [5, 5.41) is 10.5. The first-order valence-electron chi connectivity index (χ1n) is 7.10. The van der Waals surface area contributed by atoms with E-state index in [-0.39, 0.29) is 0 Å². The van der Waals surface area contributed by atoms with Crippen LogP contribution in [0.1, 0.15) is 17.5 Å². The SMILES string of the molecule is OC(c1ccc2nc(Cn3cnc(Br)c3)cn2c1)n1cnc(Br)c1. The van der Waals surface area contributed by atoms with Gasteiger partial charge in [-0.25, -0.2) is 15.0 Å². The second-order valence-electron chi connectivity index (χ2n) is 5.35. The van der Waals surface area contributed by atoms with Crippen molar-refractivity contribution in [1.82, 2.24) is 28.5 Å². The van der Waals surface area contributed by atoms with Crippen LogP contribution >= 0.6 is 31.9 Å². The van der Waals surface area contributed by atoms with Crippen LogP contribution < -0.4 is 0 Å².